The summed E-state index contributed by atoms with van der Waals surface area (Å²) in [5.74, 6) is 0. The molecule has 0 radical (unpaired) electrons. The molecule has 0 aliphatic rings. The van der Waals surface area contributed by atoms with Crippen LogP contribution in [0.4, 0.5) is 17.1 Å². The molecule has 8 aromatic rings. The summed E-state index contributed by atoms with van der Waals surface area (Å²) in [6.07, 6.45) is 0. The highest BCUT2D eigenvalue weighted by atomic mass is 15.1. The van der Waals surface area contributed by atoms with Gasteiger partial charge in [-0.2, -0.15) is 0 Å². The van der Waals surface area contributed by atoms with E-state index < -0.39 is 0 Å². The van der Waals surface area contributed by atoms with Gasteiger partial charge in [0.2, 0.25) is 0 Å². The van der Waals surface area contributed by atoms with Crippen LogP contribution in [0.25, 0.3) is 49.7 Å². The number of hydrogen-bond donors (Lipinski definition) is 0. The summed E-state index contributed by atoms with van der Waals surface area (Å²) in [6.45, 7) is 2.16. The SMILES string of the molecule is Cc1cccc(N(c2ccc(-c3ccccc3)cc2)c2ccccc2-c2ccc3c(c2)c2ccccc2n3-c2ccccc2)c1. The number of para-hydroxylation sites is 3. The van der Waals surface area contributed by atoms with Gasteiger partial charge in [-0.25, -0.2) is 0 Å². The standard InChI is InChI=1S/C43H32N2/c1-31-13-12-18-37(29-31)44(36-26-23-33(24-27-36)32-14-4-2-5-15-32)41-21-10-8-19-38(41)34-25-28-43-40(30-34)39-20-9-11-22-42(39)45(43)35-16-6-3-7-17-35/h2-30H,1H3. The first-order chi connectivity index (χ1) is 22.2. The minimum atomic E-state index is 1.12. The van der Waals surface area contributed by atoms with Crippen molar-refractivity contribution in [2.24, 2.45) is 0 Å². The van der Waals surface area contributed by atoms with Gasteiger partial charge in [-0.05, 0) is 89.8 Å². The zero-order chi connectivity index (χ0) is 30.2. The second-order valence-corrected chi connectivity index (χ2v) is 11.5. The van der Waals surface area contributed by atoms with Gasteiger partial charge in [-0.15, -0.1) is 0 Å². The lowest BCUT2D eigenvalue weighted by Gasteiger charge is -2.28. The number of fused-ring (bicyclic) bond motifs is 3. The second kappa shape index (κ2) is 11.3. The van der Waals surface area contributed by atoms with Crippen LogP contribution in [-0.4, -0.2) is 4.57 Å². The number of rotatable bonds is 6. The van der Waals surface area contributed by atoms with Gasteiger partial charge in [0, 0.05) is 33.4 Å². The summed E-state index contributed by atoms with van der Waals surface area (Å²) < 4.78 is 2.37. The van der Waals surface area contributed by atoms with Crippen molar-refractivity contribution < 1.29 is 0 Å². The van der Waals surface area contributed by atoms with Crippen LogP contribution in [0.3, 0.4) is 0 Å². The molecule has 0 aliphatic carbocycles. The van der Waals surface area contributed by atoms with Crippen LogP contribution in [-0.2, 0) is 0 Å². The summed E-state index contributed by atoms with van der Waals surface area (Å²) in [6, 6.07) is 63.3. The third-order valence-electron chi connectivity index (χ3n) is 8.64. The van der Waals surface area contributed by atoms with Crippen molar-refractivity contribution in [2.75, 3.05) is 4.90 Å². The maximum Gasteiger partial charge on any atom is 0.0541 e. The zero-order valence-corrected chi connectivity index (χ0v) is 25.1. The monoisotopic (exact) mass is 576 g/mol. The first-order valence-corrected chi connectivity index (χ1v) is 15.4. The van der Waals surface area contributed by atoms with E-state index in [0.717, 1.165) is 17.1 Å². The molecule has 0 unspecified atom stereocenters. The van der Waals surface area contributed by atoms with Crippen LogP contribution in [0.2, 0.25) is 0 Å². The number of anilines is 3. The predicted molar refractivity (Wildman–Crippen MR) is 191 cm³/mol. The van der Waals surface area contributed by atoms with Gasteiger partial charge in [-0.3, -0.25) is 0 Å². The van der Waals surface area contributed by atoms with E-state index in [1.165, 1.54) is 55.3 Å². The number of nitrogens with zero attached hydrogens (tertiary/aromatic N) is 2. The molecule has 0 fully saturated rings. The number of aromatic nitrogens is 1. The van der Waals surface area contributed by atoms with E-state index >= 15 is 0 Å². The van der Waals surface area contributed by atoms with Crippen molar-refractivity contribution in [1.82, 2.24) is 4.57 Å². The van der Waals surface area contributed by atoms with Crippen LogP contribution >= 0.6 is 0 Å². The molecule has 214 valence electrons. The summed E-state index contributed by atoms with van der Waals surface area (Å²) >= 11 is 0. The van der Waals surface area contributed by atoms with Crippen LogP contribution < -0.4 is 4.90 Å². The third kappa shape index (κ3) is 4.87. The fourth-order valence-corrected chi connectivity index (χ4v) is 6.54. The average Bonchev–Trinajstić information content (AvgIpc) is 3.43. The Morgan fingerprint density at radius 1 is 0.422 bits per heavy atom. The topological polar surface area (TPSA) is 8.17 Å². The first kappa shape index (κ1) is 26.7. The van der Waals surface area contributed by atoms with Crippen molar-refractivity contribution in [3.63, 3.8) is 0 Å². The number of benzene rings is 7. The Morgan fingerprint density at radius 2 is 1.07 bits per heavy atom. The molecular weight excluding hydrogens is 544 g/mol. The van der Waals surface area contributed by atoms with Gasteiger partial charge in [-0.1, -0.05) is 115 Å². The zero-order valence-electron chi connectivity index (χ0n) is 25.1. The summed E-state index contributed by atoms with van der Waals surface area (Å²) in [5.41, 5.74) is 13.0. The fraction of sp³-hybridized carbons (Fsp3) is 0.0233. The predicted octanol–water partition coefficient (Wildman–Crippen LogP) is 11.9. The molecule has 0 bridgehead atoms. The molecule has 1 aromatic heterocycles. The molecular formula is C43H32N2. The molecule has 7 aromatic carbocycles. The van der Waals surface area contributed by atoms with Crippen LogP contribution in [0.1, 0.15) is 5.56 Å². The van der Waals surface area contributed by atoms with E-state index in [9.17, 15) is 0 Å². The lowest BCUT2D eigenvalue weighted by Crippen LogP contribution is -2.11. The second-order valence-electron chi connectivity index (χ2n) is 11.5. The normalized spacial score (nSPS) is 11.2. The van der Waals surface area contributed by atoms with Gasteiger partial charge in [0.05, 0.1) is 16.7 Å². The molecule has 2 heteroatoms. The van der Waals surface area contributed by atoms with Gasteiger partial charge in [0.15, 0.2) is 0 Å². The molecule has 2 nitrogen and oxygen atoms in total. The van der Waals surface area contributed by atoms with E-state index in [1.807, 2.05) is 0 Å². The molecule has 0 atom stereocenters. The number of hydrogen-bond acceptors (Lipinski definition) is 1. The maximum absolute atomic E-state index is 2.38. The van der Waals surface area contributed by atoms with Crippen LogP contribution in [0.15, 0.2) is 176 Å². The number of aryl methyl sites for hydroxylation is 1. The van der Waals surface area contributed by atoms with Crippen molar-refractivity contribution in [2.45, 2.75) is 6.92 Å². The Bertz CT molecular complexity index is 2260. The Labute approximate surface area is 264 Å². The Kier molecular flexibility index (Phi) is 6.73. The molecule has 1 heterocycles. The highest BCUT2D eigenvalue weighted by Gasteiger charge is 2.19. The molecule has 8 rings (SSSR count). The van der Waals surface area contributed by atoms with E-state index in [-0.39, 0.29) is 0 Å². The van der Waals surface area contributed by atoms with E-state index in [1.54, 1.807) is 0 Å². The third-order valence-corrected chi connectivity index (χ3v) is 8.64. The minimum Gasteiger partial charge on any atom is -0.310 e. The van der Waals surface area contributed by atoms with Crippen molar-refractivity contribution in [3.05, 3.63) is 181 Å². The van der Waals surface area contributed by atoms with Gasteiger partial charge in [0.1, 0.15) is 0 Å². The smallest absolute Gasteiger partial charge is 0.0541 e. The largest absolute Gasteiger partial charge is 0.310 e. The molecule has 0 spiro atoms. The molecule has 45 heavy (non-hydrogen) atoms. The van der Waals surface area contributed by atoms with Gasteiger partial charge >= 0.3 is 0 Å². The van der Waals surface area contributed by atoms with Gasteiger partial charge in [0.25, 0.3) is 0 Å². The molecule has 0 saturated heterocycles. The molecule has 0 N–H and O–H groups in total. The molecule has 0 aliphatic heterocycles. The maximum atomic E-state index is 2.38. The van der Waals surface area contributed by atoms with E-state index in [4.69, 9.17) is 0 Å². The minimum absolute atomic E-state index is 1.12. The fourth-order valence-electron chi connectivity index (χ4n) is 6.54. The van der Waals surface area contributed by atoms with Crippen LogP contribution in [0, 0.1) is 6.92 Å². The van der Waals surface area contributed by atoms with Gasteiger partial charge < -0.3 is 9.47 Å². The Balaban J connectivity index is 1.30. The van der Waals surface area contributed by atoms with E-state index in [2.05, 4.69) is 192 Å². The lowest BCUT2D eigenvalue weighted by atomic mass is 9.99. The summed E-state index contributed by atoms with van der Waals surface area (Å²) in [7, 11) is 0. The van der Waals surface area contributed by atoms with Crippen LogP contribution in [0.5, 0.6) is 0 Å². The summed E-state index contributed by atoms with van der Waals surface area (Å²) in [4.78, 5) is 2.38. The molecule has 0 saturated carbocycles. The van der Waals surface area contributed by atoms with E-state index in [0.29, 0.717) is 0 Å². The quantitative estimate of drug-likeness (QED) is 0.191. The highest BCUT2D eigenvalue weighted by molar-refractivity contribution is 6.11. The van der Waals surface area contributed by atoms with Crippen molar-refractivity contribution in [1.29, 1.82) is 0 Å². The van der Waals surface area contributed by atoms with Crippen molar-refractivity contribution >= 4 is 38.9 Å². The lowest BCUT2D eigenvalue weighted by molar-refractivity contribution is 1.18. The van der Waals surface area contributed by atoms with Crippen molar-refractivity contribution in [3.8, 4) is 27.9 Å². The summed E-state index contributed by atoms with van der Waals surface area (Å²) in [5, 5.41) is 2.50. The molecule has 0 amide bonds. The first-order valence-electron chi connectivity index (χ1n) is 15.4. The highest BCUT2D eigenvalue weighted by Crippen LogP contribution is 2.43. The Hall–Kier alpha value is -5.86. The average molecular weight is 577 g/mol. The Morgan fingerprint density at radius 3 is 1.87 bits per heavy atom.